The molecule has 0 radical (unpaired) electrons. The van der Waals surface area contributed by atoms with Gasteiger partial charge in [-0.25, -0.2) is 4.79 Å². The van der Waals surface area contributed by atoms with E-state index in [0.29, 0.717) is 12.2 Å². The van der Waals surface area contributed by atoms with Crippen LogP contribution in [0.3, 0.4) is 0 Å². The van der Waals surface area contributed by atoms with E-state index in [0.717, 1.165) is 36.2 Å². The van der Waals surface area contributed by atoms with Crippen molar-refractivity contribution >= 4 is 5.97 Å². The zero-order valence-electron chi connectivity index (χ0n) is 10.9. The molecule has 0 atom stereocenters. The van der Waals surface area contributed by atoms with Gasteiger partial charge in [0, 0.05) is 23.7 Å². The summed E-state index contributed by atoms with van der Waals surface area (Å²) < 4.78 is 5.12. The Morgan fingerprint density at radius 3 is 3.21 bits per heavy atom. The van der Waals surface area contributed by atoms with Gasteiger partial charge in [0.1, 0.15) is 0 Å². The second-order valence-corrected chi connectivity index (χ2v) is 4.64. The van der Waals surface area contributed by atoms with E-state index in [1.165, 1.54) is 5.56 Å². The third-order valence-corrected chi connectivity index (χ3v) is 3.46. The molecule has 1 N–H and O–H groups in total. The first-order chi connectivity index (χ1) is 9.31. The van der Waals surface area contributed by atoms with Crippen molar-refractivity contribution in [3.8, 4) is 11.3 Å². The van der Waals surface area contributed by atoms with Crippen LogP contribution in [0.4, 0.5) is 0 Å². The number of nitrogens with zero attached hydrogens (tertiary/aromatic N) is 1. The van der Waals surface area contributed by atoms with Gasteiger partial charge in [0.05, 0.1) is 17.9 Å². The van der Waals surface area contributed by atoms with Gasteiger partial charge in [0.15, 0.2) is 0 Å². The smallest absolute Gasteiger partial charge is 0.340 e. The van der Waals surface area contributed by atoms with Crippen molar-refractivity contribution in [3.05, 3.63) is 41.3 Å². The number of aromatic amines is 1. The molecule has 1 aliphatic carbocycles. The summed E-state index contributed by atoms with van der Waals surface area (Å²) in [5.41, 5.74) is 4.72. The third-order valence-electron chi connectivity index (χ3n) is 3.46. The number of hydrogen-bond donors (Lipinski definition) is 1. The topological polar surface area (TPSA) is 55.0 Å². The van der Waals surface area contributed by atoms with Crippen LogP contribution in [-0.4, -0.2) is 22.5 Å². The molecule has 19 heavy (non-hydrogen) atoms. The number of hydrogen-bond acceptors (Lipinski definition) is 3. The zero-order valence-corrected chi connectivity index (χ0v) is 10.9. The number of carbonyl (C=O) groups excluding carboxylic acids is 1. The fourth-order valence-electron chi connectivity index (χ4n) is 2.62. The monoisotopic (exact) mass is 256 g/mol. The molecule has 0 aliphatic heterocycles. The Balaban J connectivity index is 2.16. The molecule has 2 aromatic rings. The minimum Gasteiger partial charge on any atom is -0.462 e. The van der Waals surface area contributed by atoms with Crippen LogP contribution in [0.1, 0.15) is 35.0 Å². The van der Waals surface area contributed by atoms with E-state index in [4.69, 9.17) is 4.74 Å². The van der Waals surface area contributed by atoms with E-state index in [-0.39, 0.29) is 5.97 Å². The third kappa shape index (κ3) is 2.03. The molecule has 0 unspecified atom stereocenters. The lowest BCUT2D eigenvalue weighted by atomic mass is 10.0. The van der Waals surface area contributed by atoms with Crippen LogP contribution in [0.2, 0.25) is 0 Å². The Morgan fingerprint density at radius 2 is 2.37 bits per heavy atom. The first-order valence-corrected chi connectivity index (χ1v) is 6.63. The highest BCUT2D eigenvalue weighted by Crippen LogP contribution is 2.33. The van der Waals surface area contributed by atoms with E-state index < -0.39 is 0 Å². The minimum absolute atomic E-state index is 0.279. The Kier molecular flexibility index (Phi) is 3.07. The molecule has 3 rings (SSSR count). The molecule has 2 heterocycles. The second-order valence-electron chi connectivity index (χ2n) is 4.64. The molecule has 0 saturated carbocycles. The van der Waals surface area contributed by atoms with Gasteiger partial charge in [-0.15, -0.1) is 0 Å². The lowest BCUT2D eigenvalue weighted by Crippen LogP contribution is -2.05. The number of carbonyl (C=O) groups is 1. The van der Waals surface area contributed by atoms with Crippen molar-refractivity contribution in [1.82, 2.24) is 9.97 Å². The van der Waals surface area contributed by atoms with Gasteiger partial charge in [0.2, 0.25) is 0 Å². The number of esters is 1. The molecule has 1 aliphatic rings. The van der Waals surface area contributed by atoms with Crippen molar-refractivity contribution in [1.29, 1.82) is 0 Å². The number of ether oxygens (including phenoxy) is 1. The number of fused-ring (bicyclic) bond motifs is 3. The predicted molar refractivity (Wildman–Crippen MR) is 72.0 cm³/mol. The largest absolute Gasteiger partial charge is 0.462 e. The van der Waals surface area contributed by atoms with E-state index in [9.17, 15) is 4.79 Å². The van der Waals surface area contributed by atoms with Gasteiger partial charge in [-0.3, -0.25) is 4.98 Å². The molecule has 0 bridgehead atoms. The molecule has 98 valence electrons. The predicted octanol–water partition coefficient (Wildman–Crippen LogP) is 2.74. The second kappa shape index (κ2) is 4.88. The molecule has 4 heteroatoms. The Labute approximate surface area is 111 Å². The fraction of sp³-hybridized carbons (Fsp3) is 0.333. The quantitative estimate of drug-likeness (QED) is 0.840. The van der Waals surface area contributed by atoms with E-state index >= 15 is 0 Å². The van der Waals surface area contributed by atoms with Gasteiger partial charge in [-0.05, 0) is 37.8 Å². The molecule has 4 nitrogen and oxygen atoms in total. The minimum atomic E-state index is -0.279. The molecular weight excluding hydrogens is 240 g/mol. The Bertz CT molecular complexity index is 616. The summed E-state index contributed by atoms with van der Waals surface area (Å²) in [4.78, 5) is 19.7. The highest BCUT2D eigenvalue weighted by atomic mass is 16.5. The molecule has 0 aromatic carbocycles. The molecular formula is C15H16N2O2. The van der Waals surface area contributed by atoms with Crippen molar-refractivity contribution in [2.24, 2.45) is 0 Å². The van der Waals surface area contributed by atoms with Crippen molar-refractivity contribution < 1.29 is 9.53 Å². The number of pyridine rings is 1. The highest BCUT2D eigenvalue weighted by molar-refractivity contribution is 5.98. The average Bonchev–Trinajstić information content (AvgIpc) is 2.75. The van der Waals surface area contributed by atoms with E-state index in [2.05, 4.69) is 16.0 Å². The maximum atomic E-state index is 12.0. The normalized spacial score (nSPS) is 13.3. The molecule has 0 fully saturated rings. The summed E-state index contributed by atoms with van der Waals surface area (Å²) in [7, 11) is 0. The Morgan fingerprint density at radius 1 is 1.47 bits per heavy atom. The summed E-state index contributed by atoms with van der Waals surface area (Å²) in [5.74, 6) is -0.279. The molecule has 0 amide bonds. The number of nitrogens with one attached hydrogen (secondary N) is 1. The van der Waals surface area contributed by atoms with Crippen LogP contribution in [0, 0.1) is 0 Å². The van der Waals surface area contributed by atoms with Crippen LogP contribution in [0.25, 0.3) is 11.3 Å². The van der Waals surface area contributed by atoms with Gasteiger partial charge >= 0.3 is 5.97 Å². The van der Waals surface area contributed by atoms with Gasteiger partial charge in [-0.2, -0.15) is 0 Å². The van der Waals surface area contributed by atoms with Crippen LogP contribution in [-0.2, 0) is 17.6 Å². The standard InChI is InChI=1S/C15H16N2O2/c1-2-19-15(18)11-9-17-12-7-3-5-10-6-4-8-16-14(10)13(11)12/h4,6,8-9,17H,2-3,5,7H2,1H3. The summed E-state index contributed by atoms with van der Waals surface area (Å²) in [6.07, 6.45) is 6.51. The summed E-state index contributed by atoms with van der Waals surface area (Å²) in [5, 5.41) is 0. The van der Waals surface area contributed by atoms with E-state index in [1.807, 2.05) is 13.0 Å². The first kappa shape index (κ1) is 12.0. The lowest BCUT2D eigenvalue weighted by molar-refractivity contribution is 0.0527. The van der Waals surface area contributed by atoms with E-state index in [1.54, 1.807) is 12.4 Å². The highest BCUT2D eigenvalue weighted by Gasteiger charge is 2.24. The Hall–Kier alpha value is -2.10. The van der Waals surface area contributed by atoms with Crippen LogP contribution < -0.4 is 0 Å². The summed E-state index contributed by atoms with van der Waals surface area (Å²) in [6, 6.07) is 4.03. The first-order valence-electron chi connectivity index (χ1n) is 6.63. The van der Waals surface area contributed by atoms with Crippen molar-refractivity contribution in [3.63, 3.8) is 0 Å². The average molecular weight is 256 g/mol. The van der Waals surface area contributed by atoms with Crippen LogP contribution >= 0.6 is 0 Å². The molecule has 2 aromatic heterocycles. The maximum absolute atomic E-state index is 12.0. The van der Waals surface area contributed by atoms with Crippen LogP contribution in [0.15, 0.2) is 24.5 Å². The van der Waals surface area contributed by atoms with Crippen molar-refractivity contribution in [2.75, 3.05) is 6.61 Å². The van der Waals surface area contributed by atoms with Gasteiger partial charge in [0.25, 0.3) is 0 Å². The SMILES string of the molecule is CCOC(=O)c1c[nH]c2c1-c1ncccc1CCC2. The van der Waals surface area contributed by atoms with Crippen molar-refractivity contribution in [2.45, 2.75) is 26.2 Å². The van der Waals surface area contributed by atoms with Crippen LogP contribution in [0.5, 0.6) is 0 Å². The number of rotatable bonds is 2. The lowest BCUT2D eigenvalue weighted by Gasteiger charge is -2.07. The fourth-order valence-corrected chi connectivity index (χ4v) is 2.62. The summed E-state index contributed by atoms with van der Waals surface area (Å²) in [6.45, 7) is 2.20. The molecule has 0 spiro atoms. The maximum Gasteiger partial charge on any atom is 0.340 e. The molecule has 0 saturated heterocycles. The summed E-state index contributed by atoms with van der Waals surface area (Å²) >= 11 is 0. The zero-order chi connectivity index (χ0) is 13.2. The van der Waals surface area contributed by atoms with Gasteiger partial charge in [-0.1, -0.05) is 6.07 Å². The number of aryl methyl sites for hydroxylation is 2. The van der Waals surface area contributed by atoms with Gasteiger partial charge < -0.3 is 9.72 Å². The number of H-pyrrole nitrogens is 1. The number of aromatic nitrogens is 2.